The Morgan fingerprint density at radius 2 is 1.91 bits per heavy atom. The molecule has 2 N–H and O–H groups in total. The highest BCUT2D eigenvalue weighted by molar-refractivity contribution is 5.82. The van der Waals surface area contributed by atoms with E-state index < -0.39 is 5.41 Å². The first-order chi connectivity index (χ1) is 10.2. The second-order valence-corrected chi connectivity index (χ2v) is 7.47. The third-order valence-electron chi connectivity index (χ3n) is 4.29. The first-order valence-corrected chi connectivity index (χ1v) is 8.44. The van der Waals surface area contributed by atoms with Gasteiger partial charge in [-0.1, -0.05) is 34.6 Å². The average molecular weight is 312 g/mol. The Morgan fingerprint density at radius 1 is 1.27 bits per heavy atom. The van der Waals surface area contributed by atoms with E-state index in [2.05, 4.69) is 5.32 Å². The Kier molecular flexibility index (Phi) is 6.85. The second kappa shape index (κ2) is 7.95. The van der Waals surface area contributed by atoms with Crippen molar-refractivity contribution < 1.29 is 14.7 Å². The van der Waals surface area contributed by atoms with Gasteiger partial charge in [-0.15, -0.1) is 0 Å². The van der Waals surface area contributed by atoms with Crippen molar-refractivity contribution >= 4 is 11.8 Å². The fourth-order valence-corrected chi connectivity index (χ4v) is 2.86. The zero-order valence-corrected chi connectivity index (χ0v) is 14.7. The highest BCUT2D eigenvalue weighted by Crippen LogP contribution is 2.24. The van der Waals surface area contributed by atoms with Crippen LogP contribution in [-0.2, 0) is 9.59 Å². The molecule has 2 amide bonds. The van der Waals surface area contributed by atoms with Crippen molar-refractivity contribution in [3.05, 3.63) is 0 Å². The molecule has 0 aromatic heterocycles. The highest BCUT2D eigenvalue weighted by Gasteiger charge is 2.33. The van der Waals surface area contributed by atoms with Crippen molar-refractivity contribution in [2.45, 2.75) is 72.4 Å². The molecule has 1 aliphatic heterocycles. The molecule has 0 bridgehead atoms. The Labute approximate surface area is 134 Å². The number of hydrogen-bond acceptors (Lipinski definition) is 3. The topological polar surface area (TPSA) is 69.6 Å². The molecule has 0 saturated carbocycles. The SMILES string of the molecule is CCC(=O)N1CC(CC(O)CC)CC(NC(=O)C(C)(C)C)C1. The lowest BCUT2D eigenvalue weighted by atomic mass is 9.87. The van der Waals surface area contributed by atoms with Crippen LogP contribution >= 0.6 is 0 Å². The molecule has 1 heterocycles. The third kappa shape index (κ3) is 5.59. The van der Waals surface area contributed by atoms with Gasteiger partial charge in [0.1, 0.15) is 0 Å². The molecule has 1 aliphatic rings. The number of aliphatic hydroxyl groups excluding tert-OH is 1. The summed E-state index contributed by atoms with van der Waals surface area (Å²) in [5, 5.41) is 13.0. The van der Waals surface area contributed by atoms with Crippen LogP contribution < -0.4 is 5.32 Å². The maximum absolute atomic E-state index is 12.2. The molecule has 1 saturated heterocycles. The average Bonchev–Trinajstić information content (AvgIpc) is 2.44. The zero-order chi connectivity index (χ0) is 16.9. The quantitative estimate of drug-likeness (QED) is 0.815. The summed E-state index contributed by atoms with van der Waals surface area (Å²) in [5.74, 6) is 0.369. The van der Waals surface area contributed by atoms with Crippen LogP contribution in [0.25, 0.3) is 0 Å². The Balaban J connectivity index is 2.74. The van der Waals surface area contributed by atoms with Crippen molar-refractivity contribution in [2.24, 2.45) is 11.3 Å². The summed E-state index contributed by atoms with van der Waals surface area (Å²) in [7, 11) is 0. The lowest BCUT2D eigenvalue weighted by Crippen LogP contribution is -2.54. The van der Waals surface area contributed by atoms with Gasteiger partial charge >= 0.3 is 0 Å². The summed E-state index contributed by atoms with van der Waals surface area (Å²) in [6.45, 7) is 10.7. The van der Waals surface area contributed by atoms with E-state index in [-0.39, 0.29) is 29.9 Å². The third-order valence-corrected chi connectivity index (χ3v) is 4.29. The Bertz CT molecular complexity index is 390. The summed E-state index contributed by atoms with van der Waals surface area (Å²) < 4.78 is 0. The summed E-state index contributed by atoms with van der Waals surface area (Å²) >= 11 is 0. The van der Waals surface area contributed by atoms with Gasteiger partial charge in [0.15, 0.2) is 0 Å². The van der Waals surface area contributed by atoms with Crippen LogP contribution in [0.3, 0.4) is 0 Å². The number of aliphatic hydroxyl groups is 1. The highest BCUT2D eigenvalue weighted by atomic mass is 16.3. The van der Waals surface area contributed by atoms with Gasteiger partial charge in [0.25, 0.3) is 0 Å². The molecule has 1 rings (SSSR count). The van der Waals surface area contributed by atoms with Crippen LogP contribution in [0.1, 0.15) is 60.3 Å². The molecule has 128 valence electrons. The van der Waals surface area contributed by atoms with Crippen LogP contribution in [-0.4, -0.2) is 47.1 Å². The maximum atomic E-state index is 12.2. The van der Waals surface area contributed by atoms with Crippen molar-refractivity contribution in [3.8, 4) is 0 Å². The van der Waals surface area contributed by atoms with Crippen molar-refractivity contribution in [2.75, 3.05) is 13.1 Å². The number of amides is 2. The molecule has 0 aromatic rings. The van der Waals surface area contributed by atoms with Gasteiger partial charge in [0, 0.05) is 31.0 Å². The molecular formula is C17H32N2O3. The van der Waals surface area contributed by atoms with Crippen molar-refractivity contribution in [1.82, 2.24) is 10.2 Å². The Morgan fingerprint density at radius 3 is 2.41 bits per heavy atom. The van der Waals surface area contributed by atoms with Gasteiger partial charge in [-0.05, 0) is 25.2 Å². The van der Waals surface area contributed by atoms with E-state index in [1.807, 2.05) is 39.5 Å². The number of nitrogens with zero attached hydrogens (tertiary/aromatic N) is 1. The Hall–Kier alpha value is -1.10. The molecule has 5 heteroatoms. The minimum absolute atomic E-state index is 0.0121. The summed E-state index contributed by atoms with van der Waals surface area (Å²) in [6, 6.07) is -0.0231. The molecule has 3 atom stereocenters. The van der Waals surface area contributed by atoms with Crippen LogP contribution in [0.2, 0.25) is 0 Å². The van der Waals surface area contributed by atoms with Gasteiger partial charge in [-0.25, -0.2) is 0 Å². The van der Waals surface area contributed by atoms with Gasteiger partial charge < -0.3 is 15.3 Å². The zero-order valence-electron chi connectivity index (χ0n) is 14.7. The van der Waals surface area contributed by atoms with Gasteiger partial charge in [0.05, 0.1) is 6.10 Å². The van der Waals surface area contributed by atoms with Crippen LogP contribution in [0.5, 0.6) is 0 Å². The number of likely N-dealkylation sites (tertiary alicyclic amines) is 1. The van der Waals surface area contributed by atoms with E-state index in [9.17, 15) is 14.7 Å². The fraction of sp³-hybridized carbons (Fsp3) is 0.882. The summed E-state index contributed by atoms with van der Waals surface area (Å²) in [6.07, 6.45) is 2.37. The first-order valence-electron chi connectivity index (χ1n) is 8.44. The number of carbonyl (C=O) groups excluding carboxylic acids is 2. The molecule has 3 unspecified atom stereocenters. The maximum Gasteiger partial charge on any atom is 0.225 e. The van der Waals surface area contributed by atoms with Crippen LogP contribution in [0.4, 0.5) is 0 Å². The molecular weight excluding hydrogens is 280 g/mol. The van der Waals surface area contributed by atoms with E-state index in [0.717, 1.165) is 12.8 Å². The lowest BCUT2D eigenvalue weighted by Gasteiger charge is -2.39. The predicted octanol–water partition coefficient (Wildman–Crippen LogP) is 1.94. The van der Waals surface area contributed by atoms with E-state index in [1.165, 1.54) is 0 Å². The molecule has 22 heavy (non-hydrogen) atoms. The monoisotopic (exact) mass is 312 g/mol. The molecule has 5 nitrogen and oxygen atoms in total. The number of piperidine rings is 1. The minimum Gasteiger partial charge on any atom is -0.393 e. The normalized spacial score (nSPS) is 24.0. The van der Waals surface area contributed by atoms with Crippen LogP contribution in [0.15, 0.2) is 0 Å². The van der Waals surface area contributed by atoms with Gasteiger partial charge in [0.2, 0.25) is 11.8 Å². The largest absolute Gasteiger partial charge is 0.393 e. The van der Waals surface area contributed by atoms with E-state index >= 15 is 0 Å². The second-order valence-electron chi connectivity index (χ2n) is 7.47. The molecule has 0 aromatic carbocycles. The molecule has 1 fully saturated rings. The standard InChI is InChI=1S/C17H32N2O3/c1-6-14(20)9-12-8-13(18-16(22)17(3,4)5)11-19(10-12)15(21)7-2/h12-14,20H,6-11H2,1-5H3,(H,18,22). The summed E-state index contributed by atoms with van der Waals surface area (Å²) in [4.78, 5) is 26.1. The summed E-state index contributed by atoms with van der Waals surface area (Å²) in [5.41, 5.74) is -0.435. The van der Waals surface area contributed by atoms with Crippen molar-refractivity contribution in [1.29, 1.82) is 0 Å². The minimum atomic E-state index is -0.435. The van der Waals surface area contributed by atoms with Gasteiger partial charge in [-0.2, -0.15) is 0 Å². The van der Waals surface area contributed by atoms with E-state index in [1.54, 1.807) is 0 Å². The lowest BCUT2D eigenvalue weighted by molar-refractivity contribution is -0.136. The predicted molar refractivity (Wildman–Crippen MR) is 87.3 cm³/mol. The van der Waals surface area contributed by atoms with E-state index in [4.69, 9.17) is 0 Å². The molecule has 0 spiro atoms. The first kappa shape index (κ1) is 18.9. The van der Waals surface area contributed by atoms with Crippen molar-refractivity contribution in [3.63, 3.8) is 0 Å². The smallest absolute Gasteiger partial charge is 0.225 e. The van der Waals surface area contributed by atoms with Crippen LogP contribution in [0, 0.1) is 11.3 Å². The number of nitrogens with one attached hydrogen (secondary N) is 1. The number of hydrogen-bond donors (Lipinski definition) is 2. The molecule has 0 radical (unpaired) electrons. The van der Waals surface area contributed by atoms with E-state index in [0.29, 0.717) is 25.9 Å². The number of rotatable bonds is 5. The van der Waals surface area contributed by atoms with Gasteiger partial charge in [-0.3, -0.25) is 9.59 Å². The number of carbonyl (C=O) groups is 2. The fourth-order valence-electron chi connectivity index (χ4n) is 2.86. The molecule has 0 aliphatic carbocycles.